The molecule has 1 N–H and O–H groups in total. The molecule has 0 saturated carbocycles. The van der Waals surface area contributed by atoms with Crippen molar-refractivity contribution in [3.8, 4) is 0 Å². The Kier molecular flexibility index (Phi) is 3.06. The van der Waals surface area contributed by atoms with Crippen LogP contribution >= 0.6 is 0 Å². The predicted octanol–water partition coefficient (Wildman–Crippen LogP) is 1.71. The van der Waals surface area contributed by atoms with Gasteiger partial charge in [-0.1, -0.05) is 37.3 Å². The Hall–Kier alpha value is -0.870. The molecule has 0 radical (unpaired) electrons. The maximum Gasteiger partial charge on any atom is 0.275 e. The molecular weight excluding hydrogens is 188 g/mol. The van der Waals surface area contributed by atoms with Gasteiger partial charge in [0.25, 0.3) is 10.1 Å². The first-order valence-electron chi connectivity index (χ1n) is 4.07. The maximum atomic E-state index is 10.9. The van der Waals surface area contributed by atoms with Gasteiger partial charge in [0.1, 0.15) is 5.25 Å². The zero-order chi connectivity index (χ0) is 9.90. The third kappa shape index (κ3) is 2.54. The van der Waals surface area contributed by atoms with Crippen LogP contribution in [0.25, 0.3) is 0 Å². The van der Waals surface area contributed by atoms with Crippen LogP contribution in [0.4, 0.5) is 0 Å². The molecule has 0 aromatic heterocycles. The van der Waals surface area contributed by atoms with Crippen molar-refractivity contribution in [2.45, 2.75) is 18.6 Å². The lowest BCUT2D eigenvalue weighted by molar-refractivity contribution is 0.479. The normalized spacial score (nSPS) is 25.4. The molecule has 72 valence electrons. The standard InChI is InChI=1S/C9H12O3S/c1-2-5-8-6-3-4-7-9(8)13(10,11)12/h3-7,9H,2H2,1H3,(H,10,11,12). The molecule has 0 saturated heterocycles. The summed E-state index contributed by atoms with van der Waals surface area (Å²) in [6.45, 7) is 1.92. The fourth-order valence-corrected chi connectivity index (χ4v) is 2.04. The first-order chi connectivity index (χ1) is 6.05. The molecule has 3 nitrogen and oxygen atoms in total. The maximum absolute atomic E-state index is 10.9. The van der Waals surface area contributed by atoms with Crippen LogP contribution in [0, 0.1) is 0 Å². The van der Waals surface area contributed by atoms with Crippen molar-refractivity contribution in [1.82, 2.24) is 0 Å². The predicted molar refractivity (Wildman–Crippen MR) is 52.0 cm³/mol. The van der Waals surface area contributed by atoms with Gasteiger partial charge in [0.2, 0.25) is 0 Å². The molecule has 0 fully saturated rings. The average molecular weight is 200 g/mol. The van der Waals surface area contributed by atoms with Crippen molar-refractivity contribution in [2.75, 3.05) is 0 Å². The van der Waals surface area contributed by atoms with Crippen LogP contribution in [0.5, 0.6) is 0 Å². The topological polar surface area (TPSA) is 54.4 Å². The van der Waals surface area contributed by atoms with E-state index < -0.39 is 15.4 Å². The summed E-state index contributed by atoms with van der Waals surface area (Å²) < 4.78 is 30.7. The van der Waals surface area contributed by atoms with Gasteiger partial charge in [-0.2, -0.15) is 8.42 Å². The van der Waals surface area contributed by atoms with Gasteiger partial charge in [-0.25, -0.2) is 0 Å². The van der Waals surface area contributed by atoms with Gasteiger partial charge in [-0.15, -0.1) is 0 Å². The first kappa shape index (κ1) is 10.2. The zero-order valence-corrected chi connectivity index (χ0v) is 8.16. The molecule has 1 rings (SSSR count). The van der Waals surface area contributed by atoms with Crippen molar-refractivity contribution in [1.29, 1.82) is 0 Å². The summed E-state index contributed by atoms with van der Waals surface area (Å²) in [5.74, 6) is 0. The second-order valence-corrected chi connectivity index (χ2v) is 4.33. The summed E-state index contributed by atoms with van der Waals surface area (Å²) in [5, 5.41) is -0.891. The highest BCUT2D eigenvalue weighted by molar-refractivity contribution is 7.86. The largest absolute Gasteiger partial charge is 0.285 e. The SMILES string of the molecule is CCC=C1C=CC=CC1S(=O)(=O)O. The fraction of sp³-hybridized carbons (Fsp3) is 0.333. The third-order valence-electron chi connectivity index (χ3n) is 1.77. The molecule has 0 aliphatic heterocycles. The van der Waals surface area contributed by atoms with E-state index in [1.165, 1.54) is 6.08 Å². The molecule has 4 heteroatoms. The number of hydrogen-bond acceptors (Lipinski definition) is 2. The molecule has 0 bridgehead atoms. The van der Waals surface area contributed by atoms with Gasteiger partial charge in [-0.05, 0) is 12.0 Å². The van der Waals surface area contributed by atoms with E-state index in [0.717, 1.165) is 6.42 Å². The van der Waals surface area contributed by atoms with E-state index in [2.05, 4.69) is 0 Å². The Bertz CT molecular complexity index is 360. The van der Waals surface area contributed by atoms with Crippen molar-refractivity contribution in [3.63, 3.8) is 0 Å². The van der Waals surface area contributed by atoms with Gasteiger partial charge in [0.05, 0.1) is 0 Å². The molecule has 1 aliphatic rings. The number of hydrogen-bond donors (Lipinski definition) is 1. The minimum absolute atomic E-state index is 0.632. The fourth-order valence-electron chi connectivity index (χ4n) is 1.23. The molecule has 0 aromatic rings. The summed E-state index contributed by atoms with van der Waals surface area (Å²) in [6, 6.07) is 0. The smallest absolute Gasteiger partial charge is 0.275 e. The number of rotatable bonds is 2. The van der Waals surface area contributed by atoms with Gasteiger partial charge < -0.3 is 0 Å². The average Bonchev–Trinajstić information content (AvgIpc) is 2.04. The lowest BCUT2D eigenvalue weighted by Crippen LogP contribution is -2.20. The Morgan fingerprint density at radius 2 is 2.23 bits per heavy atom. The van der Waals surface area contributed by atoms with Crippen LogP contribution in [-0.4, -0.2) is 18.2 Å². The van der Waals surface area contributed by atoms with Gasteiger partial charge >= 0.3 is 0 Å². The summed E-state index contributed by atoms with van der Waals surface area (Å²) in [7, 11) is -4.00. The van der Waals surface area contributed by atoms with E-state index in [1.54, 1.807) is 24.3 Å². The molecule has 0 heterocycles. The van der Waals surface area contributed by atoms with Crippen LogP contribution in [-0.2, 0) is 10.1 Å². The highest BCUT2D eigenvalue weighted by atomic mass is 32.2. The summed E-state index contributed by atoms with van der Waals surface area (Å²) >= 11 is 0. The van der Waals surface area contributed by atoms with Crippen LogP contribution in [0.1, 0.15) is 13.3 Å². The van der Waals surface area contributed by atoms with E-state index >= 15 is 0 Å². The van der Waals surface area contributed by atoms with Gasteiger partial charge in [0.15, 0.2) is 0 Å². The van der Waals surface area contributed by atoms with Crippen molar-refractivity contribution in [3.05, 3.63) is 36.0 Å². The Morgan fingerprint density at radius 3 is 2.77 bits per heavy atom. The molecule has 1 atom stereocenters. The van der Waals surface area contributed by atoms with Crippen molar-refractivity contribution in [2.24, 2.45) is 0 Å². The molecular formula is C9H12O3S. The van der Waals surface area contributed by atoms with Crippen LogP contribution in [0.15, 0.2) is 36.0 Å². The van der Waals surface area contributed by atoms with E-state index in [1.807, 2.05) is 6.92 Å². The molecule has 0 amide bonds. The first-order valence-corrected chi connectivity index (χ1v) is 5.57. The van der Waals surface area contributed by atoms with Crippen molar-refractivity contribution >= 4 is 10.1 Å². The molecule has 13 heavy (non-hydrogen) atoms. The summed E-state index contributed by atoms with van der Waals surface area (Å²) in [5.41, 5.74) is 0.632. The van der Waals surface area contributed by atoms with E-state index in [0.29, 0.717) is 5.57 Å². The van der Waals surface area contributed by atoms with E-state index in [-0.39, 0.29) is 0 Å². The lowest BCUT2D eigenvalue weighted by atomic mass is 10.1. The monoisotopic (exact) mass is 200 g/mol. The molecule has 0 aromatic carbocycles. The third-order valence-corrected chi connectivity index (χ3v) is 2.85. The van der Waals surface area contributed by atoms with Gasteiger partial charge in [0, 0.05) is 0 Å². The number of allylic oxidation sites excluding steroid dienone is 4. The zero-order valence-electron chi connectivity index (χ0n) is 7.34. The Balaban J connectivity index is 3.03. The highest BCUT2D eigenvalue weighted by Gasteiger charge is 2.23. The minimum atomic E-state index is -4.00. The molecule has 0 spiro atoms. The van der Waals surface area contributed by atoms with E-state index in [9.17, 15) is 8.42 Å². The van der Waals surface area contributed by atoms with Crippen LogP contribution < -0.4 is 0 Å². The van der Waals surface area contributed by atoms with Crippen LogP contribution in [0.3, 0.4) is 0 Å². The van der Waals surface area contributed by atoms with Gasteiger partial charge in [-0.3, -0.25) is 4.55 Å². The highest BCUT2D eigenvalue weighted by Crippen LogP contribution is 2.18. The van der Waals surface area contributed by atoms with E-state index in [4.69, 9.17) is 4.55 Å². The van der Waals surface area contributed by atoms with Crippen LogP contribution in [0.2, 0.25) is 0 Å². The van der Waals surface area contributed by atoms with Crippen molar-refractivity contribution < 1.29 is 13.0 Å². The second-order valence-electron chi connectivity index (χ2n) is 2.79. The summed E-state index contributed by atoms with van der Waals surface area (Å²) in [6.07, 6.45) is 9.07. The Morgan fingerprint density at radius 1 is 1.54 bits per heavy atom. The summed E-state index contributed by atoms with van der Waals surface area (Å²) in [4.78, 5) is 0. The second kappa shape index (κ2) is 3.89. The minimum Gasteiger partial charge on any atom is -0.285 e. The lowest BCUT2D eigenvalue weighted by Gasteiger charge is -2.13. The molecule has 1 unspecified atom stereocenters. The quantitative estimate of drug-likeness (QED) is 0.690. The molecule has 1 aliphatic carbocycles. The Labute approximate surface area is 78.2 Å².